The van der Waals surface area contributed by atoms with Gasteiger partial charge in [-0.25, -0.2) is 0 Å². The summed E-state index contributed by atoms with van der Waals surface area (Å²) in [6.45, 7) is 22.8. The number of carbonyl (C=O) groups is 3. The van der Waals surface area contributed by atoms with Crippen molar-refractivity contribution in [2.24, 2.45) is 28.4 Å². The third-order valence-corrected chi connectivity index (χ3v) is 15.3. The molecule has 4 aromatic carbocycles. The molecule has 3 aliphatic rings. The number of carboxylic acid groups (broad SMARTS) is 2. The van der Waals surface area contributed by atoms with Gasteiger partial charge in [0.15, 0.2) is 0 Å². The van der Waals surface area contributed by atoms with Crippen LogP contribution >= 0.6 is 15.9 Å². The van der Waals surface area contributed by atoms with Crippen molar-refractivity contribution in [3.8, 4) is 22.6 Å². The Morgan fingerprint density at radius 3 is 1.59 bits per heavy atom. The Hall–Kier alpha value is -4.95. The topological polar surface area (TPSA) is 167 Å². The Balaban J connectivity index is 0.000000261. The molecule has 19 heteroatoms. The van der Waals surface area contributed by atoms with Gasteiger partial charge in [-0.05, 0) is 185 Å². The molecule has 1 aliphatic heterocycles. The van der Waals surface area contributed by atoms with E-state index in [9.17, 15) is 40.7 Å². The smallest absolute Gasteiger partial charge is 0.490 e. The maximum absolute atomic E-state index is 13.5. The second-order valence-electron chi connectivity index (χ2n) is 23.7. The summed E-state index contributed by atoms with van der Waals surface area (Å²) in [4.78, 5) is 30.4. The van der Waals surface area contributed by atoms with Gasteiger partial charge >= 0.3 is 31.4 Å². The molecule has 5 N–H and O–H groups in total. The van der Waals surface area contributed by atoms with E-state index >= 15 is 0 Å². The van der Waals surface area contributed by atoms with Crippen LogP contribution in [0.3, 0.4) is 0 Å². The highest BCUT2D eigenvalue weighted by molar-refractivity contribution is 9.10. The van der Waals surface area contributed by atoms with E-state index in [4.69, 9.17) is 34.7 Å². The predicted octanol–water partition coefficient (Wildman–Crippen LogP) is 14.6. The van der Waals surface area contributed by atoms with Crippen molar-refractivity contribution >= 4 is 46.7 Å². The number of carbonyl (C=O) groups excluding carboxylic acids is 1. The van der Waals surface area contributed by atoms with Crippen LogP contribution in [0.4, 0.5) is 26.3 Å². The van der Waals surface area contributed by atoms with E-state index in [1.807, 2.05) is 18.2 Å². The highest BCUT2D eigenvalue weighted by atomic mass is 79.9. The number of halogens is 7. The number of hydrogen-bond acceptors (Lipinski definition) is 9. The Morgan fingerprint density at radius 1 is 0.671 bits per heavy atom. The van der Waals surface area contributed by atoms with E-state index in [2.05, 4.69) is 103 Å². The molecule has 1 heterocycles. The summed E-state index contributed by atoms with van der Waals surface area (Å²) in [7, 11) is -0.333. The number of aliphatic carboxylic acids is 2. The molecule has 0 unspecified atom stereocenters. The molecule has 0 bridgehead atoms. The Kier molecular flexibility index (Phi) is 24.1. The van der Waals surface area contributed by atoms with Gasteiger partial charge in [0, 0.05) is 29.7 Å². The molecule has 436 valence electrons. The molecule has 3 fully saturated rings. The average molecular weight is 1180 g/mol. The van der Waals surface area contributed by atoms with Crippen molar-refractivity contribution in [1.82, 2.24) is 5.32 Å². The van der Waals surface area contributed by atoms with Crippen LogP contribution in [-0.2, 0) is 37.8 Å². The van der Waals surface area contributed by atoms with Crippen LogP contribution in [0.2, 0.25) is 0 Å². The molecule has 2 saturated carbocycles. The highest BCUT2D eigenvalue weighted by Crippen LogP contribution is 2.42. The van der Waals surface area contributed by atoms with Gasteiger partial charge in [-0.15, -0.1) is 0 Å². The zero-order valence-electron chi connectivity index (χ0n) is 47.2. The average Bonchev–Trinajstić information content (AvgIpc) is 3.70. The van der Waals surface area contributed by atoms with Crippen molar-refractivity contribution in [1.29, 1.82) is 0 Å². The summed E-state index contributed by atoms with van der Waals surface area (Å²) in [5.74, 6) is 1.27. The van der Waals surface area contributed by atoms with Crippen LogP contribution < -0.4 is 26.0 Å². The lowest BCUT2D eigenvalue weighted by Gasteiger charge is -2.37. The molecule has 0 amide bonds. The number of hydrogen-bond donors (Lipinski definition) is 4. The molecular formula is C60H80BBrF6N2O9. The maximum Gasteiger partial charge on any atom is 0.494 e. The lowest BCUT2D eigenvalue weighted by Crippen LogP contribution is -2.41. The zero-order valence-corrected chi connectivity index (χ0v) is 48.8. The van der Waals surface area contributed by atoms with E-state index in [0.29, 0.717) is 46.2 Å². The van der Waals surface area contributed by atoms with Gasteiger partial charge in [-0.3, -0.25) is 14.4 Å². The predicted molar refractivity (Wildman–Crippen MR) is 300 cm³/mol. The van der Waals surface area contributed by atoms with Crippen LogP contribution in [0, 0.1) is 22.7 Å². The van der Waals surface area contributed by atoms with Gasteiger partial charge in [-0.2, -0.15) is 26.3 Å². The van der Waals surface area contributed by atoms with E-state index in [-0.39, 0.29) is 72.4 Å². The summed E-state index contributed by atoms with van der Waals surface area (Å²) in [6, 6.07) is 22.5. The molecule has 0 radical (unpaired) electrons. The van der Waals surface area contributed by atoms with Crippen molar-refractivity contribution < 1.29 is 69.7 Å². The number of nitrogens with two attached hydrogens (primary N) is 1. The zero-order chi connectivity index (χ0) is 59.1. The van der Waals surface area contributed by atoms with E-state index in [0.717, 1.165) is 79.9 Å². The Morgan fingerprint density at radius 2 is 1.15 bits per heavy atom. The van der Waals surface area contributed by atoms with Crippen molar-refractivity contribution in [2.45, 2.75) is 176 Å². The van der Waals surface area contributed by atoms with E-state index < -0.39 is 35.4 Å². The standard InChI is InChI=1S/C27H34F3NO3.C22H35BO3.C8H4BrF3O.C3H7NO2/c1-26(2,3)21-7-9-23(10-8-21)34-24-6-4-5-19(16-24)20-13-18(17-31-12-11-25(32)33)14-22(15-20)27(28,29)30;1-20(2,3)16-11-13-18(14-12-16)24-19-10-8-9-17(15-19)23-25-21(4,5)22(6,7)26-23;9-7-2-5(4-13)1-6(3-7)8(10,11)12;4-2-1-3(5)6/h4-6,13-16,21,23,31H,7-12,17H2,1-3H3,(H,32,33);8-10,15-16,18H,11-14H2,1-7H3;1-4H;1-2,4H2,(H,5,6). The molecule has 0 atom stereocenters. The molecule has 1 saturated heterocycles. The maximum atomic E-state index is 13.5. The van der Waals surface area contributed by atoms with Crippen LogP contribution in [0.5, 0.6) is 11.5 Å². The summed E-state index contributed by atoms with van der Waals surface area (Å²) in [5, 5.41) is 19.5. The first kappa shape index (κ1) is 66.6. The lowest BCUT2D eigenvalue weighted by molar-refractivity contribution is -0.138. The first-order valence-corrected chi connectivity index (χ1v) is 27.7. The van der Waals surface area contributed by atoms with Crippen molar-refractivity contribution in [2.75, 3.05) is 13.1 Å². The summed E-state index contributed by atoms with van der Waals surface area (Å²) >= 11 is 2.89. The van der Waals surface area contributed by atoms with Gasteiger partial charge in [0.05, 0.1) is 47.4 Å². The fourth-order valence-corrected chi connectivity index (χ4v) is 9.97. The fraction of sp³-hybridized carbons (Fsp3) is 0.550. The largest absolute Gasteiger partial charge is 0.494 e. The summed E-state index contributed by atoms with van der Waals surface area (Å²) < 4.78 is 102. The molecule has 79 heavy (non-hydrogen) atoms. The fourth-order valence-electron chi connectivity index (χ4n) is 9.46. The van der Waals surface area contributed by atoms with Gasteiger partial charge < -0.3 is 40.0 Å². The molecule has 0 aromatic heterocycles. The van der Waals surface area contributed by atoms with Crippen LogP contribution in [0.15, 0.2) is 89.4 Å². The number of ether oxygens (including phenoxy) is 2. The van der Waals surface area contributed by atoms with E-state index in [1.54, 1.807) is 24.3 Å². The third kappa shape index (κ3) is 21.8. The van der Waals surface area contributed by atoms with Crippen molar-refractivity contribution in [3.63, 3.8) is 0 Å². The SMILES string of the molecule is CC(C)(C)C1CCC(Oc2cccc(-c3cc(CNCCC(=O)O)cc(C(F)(F)F)c3)c2)CC1.CC(C)(C)C1CCC(Oc2cccc(B3OC(C)(C)C(C)(C)O3)c2)CC1.NCCC(=O)O.O=Cc1cc(Br)cc(C(F)(F)F)c1. The minimum Gasteiger partial charge on any atom is -0.490 e. The van der Waals surface area contributed by atoms with Gasteiger partial charge in [0.2, 0.25) is 0 Å². The van der Waals surface area contributed by atoms with Gasteiger partial charge in [0.25, 0.3) is 0 Å². The number of carboxylic acids is 2. The second-order valence-corrected chi connectivity index (χ2v) is 24.6. The molecule has 4 aromatic rings. The number of alkyl halides is 6. The monoisotopic (exact) mass is 1180 g/mol. The third-order valence-electron chi connectivity index (χ3n) is 14.9. The van der Waals surface area contributed by atoms with Crippen LogP contribution in [0.1, 0.15) is 160 Å². The molecule has 11 nitrogen and oxygen atoms in total. The molecule has 7 rings (SSSR count). The van der Waals surface area contributed by atoms with Gasteiger partial charge in [0.1, 0.15) is 17.8 Å². The first-order valence-electron chi connectivity index (χ1n) is 26.9. The minimum atomic E-state index is -4.48. The normalized spacial score (nSPS) is 20.0. The Labute approximate surface area is 471 Å². The lowest BCUT2D eigenvalue weighted by atomic mass is 9.72. The number of benzene rings is 4. The van der Waals surface area contributed by atoms with Crippen LogP contribution in [-0.4, -0.2) is 72.1 Å². The summed E-state index contributed by atoms with van der Waals surface area (Å²) in [6.07, 6.45) is 0.854. The highest BCUT2D eigenvalue weighted by Gasteiger charge is 2.52. The number of rotatable bonds is 14. The minimum absolute atomic E-state index is 0.00157. The van der Waals surface area contributed by atoms with E-state index in [1.165, 1.54) is 18.9 Å². The first-order chi connectivity index (χ1) is 36.6. The molecular weight excluding hydrogens is 1100 g/mol. The molecule has 0 spiro atoms. The molecule has 2 aliphatic carbocycles. The quantitative estimate of drug-likeness (QED) is 0.0411. The Bertz CT molecular complexity index is 2590. The number of nitrogens with one attached hydrogen (secondary N) is 1. The van der Waals surface area contributed by atoms with Crippen molar-refractivity contribution in [3.05, 3.63) is 112 Å². The van der Waals surface area contributed by atoms with Crippen LogP contribution in [0.25, 0.3) is 11.1 Å². The van der Waals surface area contributed by atoms with Gasteiger partial charge in [-0.1, -0.05) is 81.7 Å². The summed E-state index contributed by atoms with van der Waals surface area (Å²) in [5.41, 5.74) is 5.92. The second kappa shape index (κ2) is 28.7. The number of aldehydes is 1.